The lowest BCUT2D eigenvalue weighted by molar-refractivity contribution is 0.0787. The van der Waals surface area contributed by atoms with Gasteiger partial charge in [-0.15, -0.1) is 0 Å². The number of benzene rings is 1. The summed E-state index contributed by atoms with van der Waals surface area (Å²) in [4.78, 5) is 17.0. The molecule has 7 heteroatoms. The number of hydrogen-bond acceptors (Lipinski definition) is 3. The first-order valence-electron chi connectivity index (χ1n) is 8.44. The van der Waals surface area contributed by atoms with Crippen LogP contribution in [0.4, 0.5) is 0 Å². The minimum absolute atomic E-state index is 0.0791. The van der Waals surface area contributed by atoms with Gasteiger partial charge in [0.15, 0.2) is 0 Å². The summed E-state index contributed by atoms with van der Waals surface area (Å²) in [6, 6.07) is 8.70. The maximum atomic E-state index is 12.6. The van der Waals surface area contributed by atoms with E-state index in [0.29, 0.717) is 5.69 Å². The van der Waals surface area contributed by atoms with Gasteiger partial charge in [0, 0.05) is 25.3 Å². The van der Waals surface area contributed by atoms with Gasteiger partial charge in [0.1, 0.15) is 10.6 Å². The van der Waals surface area contributed by atoms with Crippen molar-refractivity contribution in [3.63, 3.8) is 0 Å². The van der Waals surface area contributed by atoms with Crippen molar-refractivity contribution in [3.8, 4) is 0 Å². The average molecular weight is 361 g/mol. The van der Waals surface area contributed by atoms with Crippen molar-refractivity contribution in [1.29, 1.82) is 0 Å². The molecule has 1 saturated heterocycles. The van der Waals surface area contributed by atoms with Crippen LogP contribution in [0.25, 0.3) is 0 Å². The molecule has 0 saturated carbocycles. The summed E-state index contributed by atoms with van der Waals surface area (Å²) in [5.74, 6) is -0.147. The van der Waals surface area contributed by atoms with E-state index in [1.165, 1.54) is 12.3 Å². The van der Waals surface area contributed by atoms with Crippen molar-refractivity contribution < 1.29 is 13.2 Å². The summed E-state index contributed by atoms with van der Waals surface area (Å²) >= 11 is 0. The van der Waals surface area contributed by atoms with E-state index in [1.54, 1.807) is 4.90 Å². The topological polar surface area (TPSA) is 82.3 Å². The Balaban J connectivity index is 1.76. The van der Waals surface area contributed by atoms with E-state index in [1.807, 2.05) is 38.1 Å². The van der Waals surface area contributed by atoms with E-state index in [9.17, 15) is 13.2 Å². The Hall–Kier alpha value is -2.12. The van der Waals surface area contributed by atoms with Gasteiger partial charge in [0.2, 0.25) is 10.0 Å². The normalized spacial score (nSPS) is 16.2. The zero-order chi connectivity index (χ0) is 18.0. The number of amides is 1. The third-order valence-electron chi connectivity index (χ3n) is 4.58. The van der Waals surface area contributed by atoms with E-state index in [2.05, 4.69) is 9.71 Å². The minimum atomic E-state index is -3.71. The predicted octanol–water partition coefficient (Wildman–Crippen LogP) is 2.60. The molecule has 2 heterocycles. The number of aromatic amines is 1. The van der Waals surface area contributed by atoms with Gasteiger partial charge in [-0.05, 0) is 43.9 Å². The van der Waals surface area contributed by atoms with Crippen LogP contribution in [0, 0.1) is 6.92 Å². The second-order valence-electron chi connectivity index (χ2n) is 6.45. The van der Waals surface area contributed by atoms with Gasteiger partial charge in [-0.1, -0.05) is 24.3 Å². The van der Waals surface area contributed by atoms with Crippen molar-refractivity contribution in [2.24, 2.45) is 0 Å². The molecular formula is C18H23N3O3S. The van der Waals surface area contributed by atoms with Crippen LogP contribution in [-0.4, -0.2) is 37.3 Å². The van der Waals surface area contributed by atoms with E-state index in [0.717, 1.165) is 37.1 Å². The van der Waals surface area contributed by atoms with Gasteiger partial charge in [0.05, 0.1) is 0 Å². The molecule has 6 nitrogen and oxygen atoms in total. The highest BCUT2D eigenvalue weighted by atomic mass is 32.2. The number of nitrogens with one attached hydrogen (secondary N) is 2. The van der Waals surface area contributed by atoms with Crippen LogP contribution >= 0.6 is 0 Å². The number of sulfonamides is 1. The van der Waals surface area contributed by atoms with Gasteiger partial charge >= 0.3 is 0 Å². The Morgan fingerprint density at radius 2 is 1.92 bits per heavy atom. The second-order valence-corrected chi connectivity index (χ2v) is 8.16. The number of H-pyrrole nitrogens is 1. The predicted molar refractivity (Wildman–Crippen MR) is 95.8 cm³/mol. The summed E-state index contributed by atoms with van der Waals surface area (Å²) in [5.41, 5.74) is 2.26. The Morgan fingerprint density at radius 1 is 1.24 bits per heavy atom. The second kappa shape index (κ2) is 7.01. The molecule has 134 valence electrons. The number of likely N-dealkylation sites (tertiary alicyclic amines) is 1. The number of carbonyl (C=O) groups is 1. The van der Waals surface area contributed by atoms with Crippen molar-refractivity contribution >= 4 is 15.9 Å². The molecule has 1 aliphatic heterocycles. The molecular weight excluding hydrogens is 338 g/mol. The summed E-state index contributed by atoms with van der Waals surface area (Å²) < 4.78 is 27.9. The van der Waals surface area contributed by atoms with E-state index >= 15 is 0 Å². The zero-order valence-electron chi connectivity index (χ0n) is 14.5. The SMILES string of the molecule is Cc1ccccc1C(C)NS(=O)(=O)c1c[nH]c(C(=O)N2CCCC2)c1. The van der Waals surface area contributed by atoms with Crippen LogP contribution in [-0.2, 0) is 10.0 Å². The first kappa shape index (κ1) is 17.7. The molecule has 3 rings (SSSR count). The third-order valence-corrected chi connectivity index (χ3v) is 6.10. The van der Waals surface area contributed by atoms with Gasteiger partial charge in [-0.2, -0.15) is 0 Å². The van der Waals surface area contributed by atoms with Crippen LogP contribution in [0.3, 0.4) is 0 Å². The van der Waals surface area contributed by atoms with Crippen LogP contribution in [0.2, 0.25) is 0 Å². The van der Waals surface area contributed by atoms with Crippen LogP contribution in [0.15, 0.2) is 41.4 Å². The number of aromatic nitrogens is 1. The van der Waals surface area contributed by atoms with Gasteiger partial charge in [0.25, 0.3) is 5.91 Å². The minimum Gasteiger partial charge on any atom is -0.356 e. The molecule has 1 aliphatic rings. The highest BCUT2D eigenvalue weighted by Gasteiger charge is 2.25. The molecule has 1 unspecified atom stereocenters. The fourth-order valence-electron chi connectivity index (χ4n) is 3.18. The van der Waals surface area contributed by atoms with Gasteiger partial charge in [-0.3, -0.25) is 4.79 Å². The molecule has 2 aromatic rings. The lowest BCUT2D eigenvalue weighted by Crippen LogP contribution is -2.28. The molecule has 2 N–H and O–H groups in total. The Kier molecular flexibility index (Phi) is 4.96. The zero-order valence-corrected chi connectivity index (χ0v) is 15.3. The van der Waals surface area contributed by atoms with Crippen LogP contribution in [0.5, 0.6) is 0 Å². The van der Waals surface area contributed by atoms with Gasteiger partial charge in [-0.25, -0.2) is 13.1 Å². The Bertz CT molecular complexity index is 867. The maximum Gasteiger partial charge on any atom is 0.270 e. The highest BCUT2D eigenvalue weighted by Crippen LogP contribution is 2.21. The number of nitrogens with zero attached hydrogens (tertiary/aromatic N) is 1. The average Bonchev–Trinajstić information content (AvgIpc) is 3.26. The highest BCUT2D eigenvalue weighted by molar-refractivity contribution is 7.89. The third kappa shape index (κ3) is 3.77. The van der Waals surface area contributed by atoms with Gasteiger partial charge < -0.3 is 9.88 Å². The number of aryl methyl sites for hydroxylation is 1. The number of rotatable bonds is 5. The monoisotopic (exact) mass is 361 g/mol. The lowest BCUT2D eigenvalue weighted by atomic mass is 10.0. The number of carbonyl (C=O) groups excluding carboxylic acids is 1. The molecule has 1 atom stereocenters. The molecule has 0 radical (unpaired) electrons. The summed E-state index contributed by atoms with van der Waals surface area (Å²) in [5, 5.41) is 0. The molecule has 0 spiro atoms. The first-order valence-corrected chi connectivity index (χ1v) is 9.92. The largest absolute Gasteiger partial charge is 0.356 e. The van der Waals surface area contributed by atoms with Crippen molar-refractivity contribution in [2.75, 3.05) is 13.1 Å². The summed E-state index contributed by atoms with van der Waals surface area (Å²) in [6.45, 7) is 5.21. The standard InChI is InChI=1S/C18H23N3O3S/c1-13-7-3-4-8-16(13)14(2)20-25(23,24)15-11-17(19-12-15)18(22)21-9-5-6-10-21/h3-4,7-8,11-12,14,19-20H,5-6,9-10H2,1-2H3. The molecule has 1 aromatic carbocycles. The fourth-order valence-corrected chi connectivity index (χ4v) is 4.40. The lowest BCUT2D eigenvalue weighted by Gasteiger charge is -2.16. The quantitative estimate of drug-likeness (QED) is 0.859. The van der Waals surface area contributed by atoms with Crippen molar-refractivity contribution in [3.05, 3.63) is 53.3 Å². The summed E-state index contributed by atoms with van der Waals surface area (Å²) in [7, 11) is -3.71. The summed E-state index contributed by atoms with van der Waals surface area (Å²) in [6.07, 6.45) is 3.36. The molecule has 1 fully saturated rings. The molecule has 1 amide bonds. The molecule has 25 heavy (non-hydrogen) atoms. The van der Waals surface area contributed by atoms with Crippen LogP contribution in [0.1, 0.15) is 47.4 Å². The maximum absolute atomic E-state index is 12.6. The Labute approximate surface area is 148 Å². The fraction of sp³-hybridized carbons (Fsp3) is 0.389. The number of hydrogen-bond donors (Lipinski definition) is 2. The van der Waals surface area contributed by atoms with E-state index in [4.69, 9.17) is 0 Å². The first-order chi connectivity index (χ1) is 11.9. The van der Waals surface area contributed by atoms with E-state index < -0.39 is 10.0 Å². The van der Waals surface area contributed by atoms with E-state index in [-0.39, 0.29) is 16.8 Å². The van der Waals surface area contributed by atoms with Crippen LogP contribution < -0.4 is 4.72 Å². The smallest absolute Gasteiger partial charge is 0.270 e. The Morgan fingerprint density at radius 3 is 2.60 bits per heavy atom. The van der Waals surface area contributed by atoms with Crippen molar-refractivity contribution in [2.45, 2.75) is 37.6 Å². The molecule has 0 aliphatic carbocycles. The molecule has 0 bridgehead atoms. The molecule has 1 aromatic heterocycles. The van der Waals surface area contributed by atoms with Crippen molar-refractivity contribution in [1.82, 2.24) is 14.6 Å².